The Morgan fingerprint density at radius 3 is 2.00 bits per heavy atom. The Kier molecular flexibility index (Phi) is 8.11. The third kappa shape index (κ3) is 5.67. The van der Waals surface area contributed by atoms with Crippen LogP contribution in [-0.4, -0.2) is 47.7 Å². The summed E-state index contributed by atoms with van der Waals surface area (Å²) in [4.78, 5) is 45.9. The predicted molar refractivity (Wildman–Crippen MR) is 253 cm³/mol. The number of aromatic nitrogens is 6. The Balaban J connectivity index is 0.990. The third-order valence-corrected chi connectivity index (χ3v) is 12.9. The molecule has 3 atom stereocenters. The number of benzene rings is 3. The monoisotopic (exact) mass is 824 g/mol. The van der Waals surface area contributed by atoms with Crippen LogP contribution in [-0.2, 0) is 0 Å². The molecule has 64 heavy (non-hydrogen) atoms. The van der Waals surface area contributed by atoms with E-state index in [1.807, 2.05) is 83.9 Å². The second-order valence-corrected chi connectivity index (χ2v) is 16.5. The van der Waals surface area contributed by atoms with E-state index in [1.54, 1.807) is 18.6 Å². The Hall–Kier alpha value is -8.43. The molecule has 1 amide bonds. The van der Waals surface area contributed by atoms with Crippen molar-refractivity contribution < 1.29 is 4.79 Å². The van der Waals surface area contributed by atoms with Gasteiger partial charge in [-0.05, 0) is 113 Å². The van der Waals surface area contributed by atoms with Crippen molar-refractivity contribution in [2.75, 3.05) is 4.90 Å². The molecular formula is C55H36N8O. The maximum Gasteiger partial charge on any atom is 0.261 e. The van der Waals surface area contributed by atoms with Crippen LogP contribution in [0.5, 0.6) is 0 Å². The van der Waals surface area contributed by atoms with Crippen molar-refractivity contribution in [2.45, 2.75) is 24.4 Å². The van der Waals surface area contributed by atoms with E-state index in [0.717, 1.165) is 107 Å². The van der Waals surface area contributed by atoms with Crippen molar-refractivity contribution in [3.05, 3.63) is 205 Å². The fourth-order valence-electron chi connectivity index (χ4n) is 9.98. The van der Waals surface area contributed by atoms with Crippen molar-refractivity contribution >= 4 is 45.2 Å². The van der Waals surface area contributed by atoms with Crippen LogP contribution in [0.3, 0.4) is 0 Å². The fraction of sp³-hybridized carbons (Fsp3) is 0.0727. The van der Waals surface area contributed by atoms with Crippen molar-refractivity contribution in [1.29, 1.82) is 0 Å². The van der Waals surface area contributed by atoms with Gasteiger partial charge >= 0.3 is 0 Å². The minimum Gasteiger partial charge on any atom is -0.306 e. The summed E-state index contributed by atoms with van der Waals surface area (Å²) >= 11 is 0. The van der Waals surface area contributed by atoms with E-state index in [-0.39, 0.29) is 23.9 Å². The minimum absolute atomic E-state index is 0.00158. The summed E-state index contributed by atoms with van der Waals surface area (Å²) in [5, 5.41) is 2.18. The summed E-state index contributed by atoms with van der Waals surface area (Å²) in [7, 11) is 0. The van der Waals surface area contributed by atoms with Gasteiger partial charge in [-0.3, -0.25) is 29.6 Å². The molecule has 0 saturated heterocycles. The molecule has 1 aliphatic carbocycles. The Morgan fingerprint density at radius 2 is 1.30 bits per heavy atom. The smallest absolute Gasteiger partial charge is 0.261 e. The van der Waals surface area contributed by atoms with Crippen LogP contribution >= 0.6 is 0 Å². The highest BCUT2D eigenvalue weighted by Crippen LogP contribution is 2.53. The summed E-state index contributed by atoms with van der Waals surface area (Å²) in [6.07, 6.45) is 19.1. The highest BCUT2D eigenvalue weighted by atomic mass is 16.2. The number of anilines is 1. The number of dihydropyridines is 1. The first-order valence-electron chi connectivity index (χ1n) is 21.6. The van der Waals surface area contributed by atoms with Gasteiger partial charge in [-0.15, -0.1) is 0 Å². The normalized spacial score (nSPS) is 18.0. The van der Waals surface area contributed by atoms with Gasteiger partial charge in [-0.25, -0.2) is 9.97 Å². The number of aliphatic imine (C=N–C) groups is 1. The molecule has 9 nitrogen and oxygen atoms in total. The zero-order valence-electron chi connectivity index (χ0n) is 34.3. The van der Waals surface area contributed by atoms with Gasteiger partial charge in [-0.1, -0.05) is 78.9 Å². The van der Waals surface area contributed by atoms with Gasteiger partial charge in [0, 0.05) is 47.9 Å². The van der Waals surface area contributed by atoms with Crippen LogP contribution in [0.15, 0.2) is 187 Å². The lowest BCUT2D eigenvalue weighted by molar-refractivity contribution is 0.0983. The molecule has 0 bridgehead atoms. The van der Waals surface area contributed by atoms with Crippen LogP contribution in [0.2, 0.25) is 0 Å². The molecule has 0 saturated carbocycles. The molecule has 9 aromatic rings. The highest BCUT2D eigenvalue weighted by molar-refractivity contribution is 6.23. The molecule has 0 N–H and O–H groups in total. The Bertz CT molecular complexity index is 3450. The molecule has 3 aliphatic heterocycles. The zero-order valence-corrected chi connectivity index (χ0v) is 34.3. The molecule has 13 rings (SSSR count). The summed E-state index contributed by atoms with van der Waals surface area (Å²) in [5.74, 6) is -0.0803. The Morgan fingerprint density at radius 1 is 0.594 bits per heavy atom. The van der Waals surface area contributed by atoms with Gasteiger partial charge in [0.25, 0.3) is 5.91 Å². The zero-order chi connectivity index (χ0) is 42.3. The first kappa shape index (κ1) is 36.2. The average Bonchev–Trinajstić information content (AvgIpc) is 3.85. The fourth-order valence-corrected chi connectivity index (χ4v) is 9.98. The van der Waals surface area contributed by atoms with Crippen LogP contribution in [0.1, 0.15) is 45.6 Å². The minimum atomic E-state index is -0.209. The average molecular weight is 825 g/mol. The quantitative estimate of drug-likeness (QED) is 0.155. The molecule has 0 radical (unpaired) electrons. The van der Waals surface area contributed by atoms with E-state index in [9.17, 15) is 0 Å². The lowest BCUT2D eigenvalue weighted by atomic mass is 9.85. The highest BCUT2D eigenvalue weighted by Gasteiger charge is 2.45. The number of carbonyl (C=O) groups excluding carboxylic acids is 1. The standard InChI is InChI=1S/C55H36N8O/c64-55-39-11-1-2-16-50(39)62-51-21-17-33(35-29-46(42-12-3-7-23-56-42)60-47(30-35)43-13-4-8-24-57-43)27-40(51)37-19-20-38-41-28-34(18-22-52(41)63(55)54(38)53(37)62)36-31-48(44-14-5-9-25-58-44)61-49(32-36)45-15-6-10-26-59-45/h1-9,11-32,41,45,52H,10H2. The van der Waals surface area contributed by atoms with E-state index in [2.05, 4.69) is 111 Å². The van der Waals surface area contributed by atoms with Crippen molar-refractivity contribution in [3.8, 4) is 51.0 Å². The number of hydrogen-bond donors (Lipinski definition) is 0. The molecular weight excluding hydrogens is 789 g/mol. The lowest BCUT2D eigenvalue weighted by Crippen LogP contribution is -2.38. The van der Waals surface area contributed by atoms with Gasteiger partial charge in [0.05, 0.1) is 73.9 Å². The first-order chi connectivity index (χ1) is 31.6. The van der Waals surface area contributed by atoms with Crippen LogP contribution in [0.4, 0.5) is 5.69 Å². The van der Waals surface area contributed by atoms with Crippen molar-refractivity contribution in [1.82, 2.24) is 29.5 Å². The van der Waals surface area contributed by atoms with E-state index in [1.165, 1.54) is 0 Å². The van der Waals surface area contributed by atoms with Crippen molar-refractivity contribution in [3.63, 3.8) is 0 Å². The maximum absolute atomic E-state index is 15.0. The molecule has 302 valence electrons. The number of carbonyl (C=O) groups is 1. The number of rotatable bonds is 6. The lowest BCUT2D eigenvalue weighted by Gasteiger charge is -2.28. The molecule has 3 unspecified atom stereocenters. The summed E-state index contributed by atoms with van der Waals surface area (Å²) in [6.45, 7) is 0. The van der Waals surface area contributed by atoms with Crippen LogP contribution < -0.4 is 4.90 Å². The number of allylic oxidation sites excluding steroid dienone is 3. The number of amides is 1. The van der Waals surface area contributed by atoms with Crippen molar-refractivity contribution in [2.24, 2.45) is 4.99 Å². The number of pyridine rings is 5. The predicted octanol–water partition coefficient (Wildman–Crippen LogP) is 11.6. The van der Waals surface area contributed by atoms with E-state index in [4.69, 9.17) is 15.0 Å². The molecule has 0 spiro atoms. The summed E-state index contributed by atoms with van der Waals surface area (Å²) in [5.41, 5.74) is 15.5. The number of hydrogen-bond acceptors (Lipinski definition) is 7. The topological polar surface area (TPSA) is 102 Å². The molecule has 0 fully saturated rings. The van der Waals surface area contributed by atoms with E-state index in [0.29, 0.717) is 5.56 Å². The molecule has 4 aliphatic rings. The molecule has 9 heteroatoms. The second-order valence-electron chi connectivity index (χ2n) is 16.5. The van der Waals surface area contributed by atoms with Crippen LogP contribution in [0, 0.1) is 0 Å². The van der Waals surface area contributed by atoms with Crippen LogP contribution in [0.25, 0.3) is 78.4 Å². The molecule has 3 aromatic carbocycles. The van der Waals surface area contributed by atoms with Gasteiger partial charge in [0.15, 0.2) is 0 Å². The summed E-state index contributed by atoms with van der Waals surface area (Å²) in [6, 6.07) is 44.9. The number of fused-ring (bicyclic) bond motifs is 8. The van der Waals surface area contributed by atoms with Gasteiger partial charge < -0.3 is 4.57 Å². The number of para-hydroxylation sites is 1. The van der Waals surface area contributed by atoms with E-state index >= 15 is 4.79 Å². The first-order valence-corrected chi connectivity index (χ1v) is 21.6. The van der Waals surface area contributed by atoms with Gasteiger partial charge in [-0.2, -0.15) is 0 Å². The molecule has 9 heterocycles. The summed E-state index contributed by atoms with van der Waals surface area (Å²) < 4.78 is 2.31. The third-order valence-electron chi connectivity index (χ3n) is 12.9. The van der Waals surface area contributed by atoms with Gasteiger partial charge in [0.2, 0.25) is 0 Å². The largest absolute Gasteiger partial charge is 0.306 e. The maximum atomic E-state index is 15.0. The second kappa shape index (κ2) is 14.3. The Labute approximate surface area is 368 Å². The number of nitrogens with zero attached hydrogens (tertiary/aromatic N) is 8. The SMILES string of the molecule is O=C1c2ccccc2-n2c3ccc(-c4cc(-c5ccccn5)nc(-c5ccccn5)c4)cc3c3ccc4c(c32)N1C1C=CC(c2cc(-c3ccccn3)nc(C3C=CCC=N3)c2)=CC41. The van der Waals surface area contributed by atoms with Gasteiger partial charge in [0.1, 0.15) is 6.04 Å². The van der Waals surface area contributed by atoms with E-state index < -0.39 is 0 Å². The molecule has 6 aromatic heterocycles.